The zero-order valence-corrected chi connectivity index (χ0v) is 29.7. The molecule has 0 radical (unpaired) electrons. The number of furan rings is 2. The van der Waals surface area contributed by atoms with Crippen molar-refractivity contribution >= 4 is 65.7 Å². The van der Waals surface area contributed by atoms with Crippen molar-refractivity contribution in [2.75, 3.05) is 0 Å². The van der Waals surface area contributed by atoms with Crippen LogP contribution in [0, 0.1) is 0 Å². The molecule has 57 heavy (non-hydrogen) atoms. The van der Waals surface area contributed by atoms with Gasteiger partial charge < -0.3 is 13.4 Å². The molecule has 12 aromatic rings. The molecule has 0 spiro atoms. The van der Waals surface area contributed by atoms with Gasteiger partial charge in [-0.15, -0.1) is 0 Å². The molecule has 0 aliphatic rings. The van der Waals surface area contributed by atoms with Crippen molar-refractivity contribution in [2.24, 2.45) is 0 Å². The lowest BCUT2D eigenvalue weighted by Crippen LogP contribution is -2.00. The zero-order chi connectivity index (χ0) is 46.2. The number of nitrogens with zero attached hydrogens (tertiary/aromatic N) is 4. The summed E-state index contributed by atoms with van der Waals surface area (Å²) in [5.74, 6) is 0.367. The van der Waals surface area contributed by atoms with Crippen molar-refractivity contribution in [2.45, 2.75) is 0 Å². The molecule has 0 aliphatic heterocycles. The fraction of sp³-hybridized carbons (Fsp3) is 0. The van der Waals surface area contributed by atoms with Crippen LogP contribution in [0.1, 0.15) is 13.7 Å². The van der Waals surface area contributed by atoms with Crippen molar-refractivity contribution in [1.82, 2.24) is 19.5 Å². The highest BCUT2D eigenvalue weighted by Crippen LogP contribution is 2.40. The van der Waals surface area contributed by atoms with Gasteiger partial charge in [-0.1, -0.05) is 121 Å². The molecule has 6 nitrogen and oxygen atoms in total. The summed E-state index contributed by atoms with van der Waals surface area (Å²) >= 11 is 0. The molecule has 4 aromatic heterocycles. The Morgan fingerprint density at radius 3 is 1.91 bits per heavy atom. The lowest BCUT2D eigenvalue weighted by molar-refractivity contribution is 0.668. The first-order valence-corrected chi connectivity index (χ1v) is 18.2. The number of para-hydroxylation sites is 2. The third kappa shape index (κ3) is 5.01. The summed E-state index contributed by atoms with van der Waals surface area (Å²) in [7, 11) is 0. The average molecular weight is 741 g/mol. The monoisotopic (exact) mass is 740 g/mol. The molecule has 8 aromatic carbocycles. The SMILES string of the molecule is [2H]c1c([2H])c(-c2nc(-c3ccccc3)nc(-c3ccc4c(c3)oc3cc(-c5ccccc5)ccc34)n2)c2c(oc3c([2H])cc(-n4c5c([2H])cccc5c5c([2H])c([2H])c([2H])c([2H])c54)c([2H])c32)c1[2H]. The van der Waals surface area contributed by atoms with Gasteiger partial charge in [0.25, 0.3) is 0 Å². The largest absolute Gasteiger partial charge is 0.456 e. The van der Waals surface area contributed by atoms with Gasteiger partial charge in [0.2, 0.25) is 0 Å². The van der Waals surface area contributed by atoms with E-state index in [1.165, 1.54) is 16.7 Å². The molecule has 0 N–H and O–H groups in total. The van der Waals surface area contributed by atoms with Gasteiger partial charge in [-0.25, -0.2) is 15.0 Å². The molecule has 12 rings (SSSR count). The van der Waals surface area contributed by atoms with E-state index in [0.717, 1.165) is 21.9 Å². The maximum Gasteiger partial charge on any atom is 0.164 e. The van der Waals surface area contributed by atoms with E-state index < -0.39 is 36.3 Å². The van der Waals surface area contributed by atoms with Gasteiger partial charge in [0.15, 0.2) is 17.5 Å². The molecular weight excluding hydrogens is 701 g/mol. The topological polar surface area (TPSA) is 69.9 Å². The Bertz CT molecular complexity index is 4110. The Kier molecular flexibility index (Phi) is 5.02. The van der Waals surface area contributed by atoms with Crippen LogP contribution >= 0.6 is 0 Å². The summed E-state index contributed by atoms with van der Waals surface area (Å²) in [5, 5.41) is 2.30. The van der Waals surface area contributed by atoms with Gasteiger partial charge in [0, 0.05) is 54.7 Å². The van der Waals surface area contributed by atoms with E-state index in [0.29, 0.717) is 27.7 Å². The minimum absolute atomic E-state index is 0.00412. The minimum atomic E-state index is -0.514. The van der Waals surface area contributed by atoms with Crippen LogP contribution in [0.3, 0.4) is 0 Å². The smallest absolute Gasteiger partial charge is 0.164 e. The van der Waals surface area contributed by atoms with Crippen LogP contribution in [0.25, 0.3) is 117 Å². The van der Waals surface area contributed by atoms with Crippen LogP contribution in [0.2, 0.25) is 0 Å². The van der Waals surface area contributed by atoms with Crippen molar-refractivity contribution in [3.63, 3.8) is 0 Å². The van der Waals surface area contributed by atoms with Gasteiger partial charge >= 0.3 is 0 Å². The third-order valence-corrected chi connectivity index (χ3v) is 10.3. The third-order valence-electron chi connectivity index (χ3n) is 10.3. The van der Waals surface area contributed by atoms with Crippen LogP contribution in [0.5, 0.6) is 0 Å². The minimum Gasteiger partial charge on any atom is -0.456 e. The van der Waals surface area contributed by atoms with Crippen molar-refractivity contribution in [1.29, 1.82) is 0 Å². The van der Waals surface area contributed by atoms with Crippen LogP contribution < -0.4 is 0 Å². The molecule has 4 heterocycles. The molecule has 0 atom stereocenters. The van der Waals surface area contributed by atoms with E-state index in [2.05, 4.69) is 6.07 Å². The van der Waals surface area contributed by atoms with Crippen LogP contribution in [0.4, 0.5) is 0 Å². The number of fused-ring (bicyclic) bond motifs is 9. The van der Waals surface area contributed by atoms with Crippen molar-refractivity contribution < 1.29 is 22.5 Å². The Balaban J connectivity index is 1.13. The van der Waals surface area contributed by atoms with E-state index in [9.17, 15) is 4.11 Å². The first kappa shape index (κ1) is 23.2. The maximum atomic E-state index is 9.89. The lowest BCUT2D eigenvalue weighted by atomic mass is 10.0. The summed E-state index contributed by atoms with van der Waals surface area (Å²) in [6.45, 7) is 0. The quantitative estimate of drug-likeness (QED) is 0.176. The fourth-order valence-electron chi connectivity index (χ4n) is 7.67. The van der Waals surface area contributed by atoms with Crippen LogP contribution in [-0.2, 0) is 0 Å². The van der Waals surface area contributed by atoms with Crippen LogP contribution in [-0.4, -0.2) is 19.5 Å². The predicted molar refractivity (Wildman–Crippen MR) is 230 cm³/mol. The number of aromatic nitrogens is 4. The van der Waals surface area contributed by atoms with Crippen LogP contribution in [0.15, 0.2) is 191 Å². The predicted octanol–water partition coefficient (Wildman–Crippen LogP) is 13.4. The van der Waals surface area contributed by atoms with Crippen molar-refractivity contribution in [3.05, 3.63) is 182 Å². The zero-order valence-electron chi connectivity index (χ0n) is 39.7. The highest BCUT2D eigenvalue weighted by atomic mass is 16.3. The molecule has 0 amide bonds. The number of benzene rings is 8. The fourth-order valence-corrected chi connectivity index (χ4v) is 7.67. The van der Waals surface area contributed by atoms with E-state index >= 15 is 0 Å². The van der Waals surface area contributed by atoms with Gasteiger partial charge in [-0.2, -0.15) is 0 Å². The first-order chi connectivity index (χ1) is 32.4. The highest BCUT2D eigenvalue weighted by molar-refractivity contribution is 6.14. The number of rotatable bonds is 5. The van der Waals surface area contributed by atoms with Gasteiger partial charge in [0.05, 0.1) is 24.7 Å². The Hall–Kier alpha value is -7.83. The summed E-state index contributed by atoms with van der Waals surface area (Å²) < 4.78 is 105. The Labute approximate surface area is 340 Å². The average Bonchev–Trinajstić information content (AvgIpc) is 4.04. The second-order valence-corrected chi connectivity index (χ2v) is 13.6. The molecule has 0 aliphatic carbocycles. The standard InChI is InChI=1S/C51H30N4O2/c1-3-12-31(13-4-1)33-22-25-38-39-26-23-34(29-47(39)57-46(38)28-33)50-52-49(32-14-5-2-6-15-32)53-51(54-50)40-18-11-21-45-48(40)41-30-35(24-27-44(41)56-45)55-42-19-9-7-16-36(42)37-17-8-10-20-43(37)55/h1-30H/i7D,9D,11D,16D,18D,19D,20D,21D,27D,30D. The van der Waals surface area contributed by atoms with Crippen molar-refractivity contribution in [3.8, 4) is 51.0 Å². The highest BCUT2D eigenvalue weighted by Gasteiger charge is 2.20. The Morgan fingerprint density at radius 1 is 0.421 bits per heavy atom. The normalized spacial score (nSPS) is 14.3. The molecule has 0 fully saturated rings. The molecule has 6 heteroatoms. The van der Waals surface area contributed by atoms with E-state index in [1.807, 2.05) is 91.0 Å². The van der Waals surface area contributed by atoms with Gasteiger partial charge in [0.1, 0.15) is 22.3 Å². The molecule has 0 unspecified atom stereocenters. The summed E-state index contributed by atoms with van der Waals surface area (Å²) in [6, 6.07) is 33.3. The molecular formula is C51H30N4O2. The molecule has 0 saturated heterocycles. The second kappa shape index (κ2) is 12.3. The summed E-state index contributed by atoms with van der Waals surface area (Å²) in [6.07, 6.45) is 0. The number of hydrogen-bond acceptors (Lipinski definition) is 5. The second-order valence-electron chi connectivity index (χ2n) is 13.6. The van der Waals surface area contributed by atoms with E-state index in [1.54, 1.807) is 12.1 Å². The van der Waals surface area contributed by atoms with E-state index in [-0.39, 0.29) is 91.3 Å². The first-order valence-electron chi connectivity index (χ1n) is 23.2. The van der Waals surface area contributed by atoms with Gasteiger partial charge in [-0.05, 0) is 71.7 Å². The summed E-state index contributed by atoms with van der Waals surface area (Å²) in [4.78, 5) is 14.7. The maximum absolute atomic E-state index is 9.89. The van der Waals surface area contributed by atoms with E-state index in [4.69, 9.17) is 33.4 Å². The number of hydrogen-bond donors (Lipinski definition) is 0. The molecule has 0 saturated carbocycles. The Morgan fingerprint density at radius 2 is 1.09 bits per heavy atom. The molecule has 0 bridgehead atoms. The van der Waals surface area contributed by atoms with Gasteiger partial charge in [-0.3, -0.25) is 0 Å². The lowest BCUT2D eigenvalue weighted by Gasteiger charge is -2.10. The summed E-state index contributed by atoms with van der Waals surface area (Å²) in [5.41, 5.74) is 4.32. The molecule has 266 valence electrons.